The van der Waals surface area contributed by atoms with Gasteiger partial charge in [0.2, 0.25) is 0 Å². The quantitative estimate of drug-likeness (QED) is 0.926. The Morgan fingerprint density at radius 2 is 2.29 bits per heavy atom. The van der Waals surface area contributed by atoms with Crippen molar-refractivity contribution in [1.29, 1.82) is 0 Å². The summed E-state index contributed by atoms with van der Waals surface area (Å²) in [5.41, 5.74) is 0.657. The number of carboxylic acids is 1. The summed E-state index contributed by atoms with van der Waals surface area (Å²) in [4.78, 5) is 30.9. The second-order valence-electron chi connectivity index (χ2n) is 5.40. The van der Waals surface area contributed by atoms with Crippen LogP contribution in [0.25, 0.3) is 0 Å². The molecule has 6 heteroatoms. The predicted octanol–water partition coefficient (Wildman–Crippen LogP) is 2.21. The highest BCUT2D eigenvalue weighted by Gasteiger charge is 2.37. The average molecular weight is 291 g/mol. The Hall–Kier alpha value is -2.11. The Balaban J connectivity index is 2.15. The minimum Gasteiger partial charge on any atom is -0.480 e. The number of carboxylic acid groups (broad SMARTS) is 1. The van der Waals surface area contributed by atoms with E-state index in [4.69, 9.17) is 0 Å². The van der Waals surface area contributed by atoms with Gasteiger partial charge in [0.15, 0.2) is 0 Å². The van der Waals surface area contributed by atoms with Crippen molar-refractivity contribution in [2.45, 2.75) is 32.2 Å². The Kier molecular flexibility index (Phi) is 4.77. The van der Waals surface area contributed by atoms with Crippen molar-refractivity contribution >= 4 is 17.7 Å². The fraction of sp³-hybridized carbons (Fsp3) is 0.533. The Bertz CT molecular complexity index is 506. The molecule has 2 unspecified atom stereocenters. The number of piperidine rings is 1. The van der Waals surface area contributed by atoms with Gasteiger partial charge in [-0.15, -0.1) is 0 Å². The lowest BCUT2D eigenvalue weighted by molar-refractivity contribution is -0.143. The van der Waals surface area contributed by atoms with Crippen LogP contribution in [-0.4, -0.2) is 46.6 Å². The molecule has 0 spiro atoms. The molecular formula is C15H21N3O3. The third kappa shape index (κ3) is 3.32. The predicted molar refractivity (Wildman–Crippen MR) is 79.2 cm³/mol. The van der Waals surface area contributed by atoms with Crippen molar-refractivity contribution < 1.29 is 14.7 Å². The van der Waals surface area contributed by atoms with Crippen LogP contribution in [0, 0.1) is 5.92 Å². The first kappa shape index (κ1) is 15.3. The van der Waals surface area contributed by atoms with E-state index in [0.717, 1.165) is 12.8 Å². The van der Waals surface area contributed by atoms with Crippen LogP contribution in [0.2, 0.25) is 0 Å². The second kappa shape index (κ2) is 6.56. The van der Waals surface area contributed by atoms with Gasteiger partial charge >= 0.3 is 12.0 Å². The first-order valence-corrected chi connectivity index (χ1v) is 7.21. The summed E-state index contributed by atoms with van der Waals surface area (Å²) in [6.45, 7) is 2.54. The molecule has 1 aromatic rings. The number of carbonyl (C=O) groups excluding carboxylic acids is 1. The summed E-state index contributed by atoms with van der Waals surface area (Å²) >= 11 is 0. The summed E-state index contributed by atoms with van der Waals surface area (Å²) in [5, 5.41) is 9.40. The molecular weight excluding hydrogens is 270 g/mol. The maximum absolute atomic E-state index is 12.6. The van der Waals surface area contributed by atoms with Gasteiger partial charge in [0.25, 0.3) is 0 Å². The Labute approximate surface area is 124 Å². The van der Waals surface area contributed by atoms with Gasteiger partial charge in [-0.1, -0.05) is 13.3 Å². The van der Waals surface area contributed by atoms with Gasteiger partial charge in [-0.25, -0.2) is 9.59 Å². The molecule has 0 bridgehead atoms. The number of urea groups is 1. The molecule has 21 heavy (non-hydrogen) atoms. The molecule has 0 radical (unpaired) electrons. The van der Waals surface area contributed by atoms with Crippen molar-refractivity contribution in [2.75, 3.05) is 18.5 Å². The number of rotatable bonds is 3. The molecule has 2 rings (SSSR count). The average Bonchev–Trinajstić information content (AvgIpc) is 2.53. The summed E-state index contributed by atoms with van der Waals surface area (Å²) in [6, 6.07) is 2.50. The summed E-state index contributed by atoms with van der Waals surface area (Å²) < 4.78 is 0. The van der Waals surface area contributed by atoms with Crippen LogP contribution in [0.1, 0.15) is 26.2 Å². The minimum absolute atomic E-state index is 0.287. The molecule has 0 aromatic carbocycles. The molecule has 6 nitrogen and oxygen atoms in total. The molecule has 1 N–H and O–H groups in total. The molecule has 2 amide bonds. The van der Waals surface area contributed by atoms with Crippen LogP contribution >= 0.6 is 0 Å². The summed E-state index contributed by atoms with van der Waals surface area (Å²) in [5.74, 6) is -0.556. The highest BCUT2D eigenvalue weighted by molar-refractivity contribution is 5.94. The van der Waals surface area contributed by atoms with Gasteiger partial charge in [-0.3, -0.25) is 9.88 Å². The molecule has 2 atom stereocenters. The maximum atomic E-state index is 12.6. The first-order chi connectivity index (χ1) is 10.0. The lowest BCUT2D eigenvalue weighted by Crippen LogP contribution is -2.54. The van der Waals surface area contributed by atoms with Crippen LogP contribution in [0.5, 0.6) is 0 Å². The monoisotopic (exact) mass is 291 g/mol. The highest BCUT2D eigenvalue weighted by atomic mass is 16.4. The summed E-state index contributed by atoms with van der Waals surface area (Å²) in [7, 11) is 1.64. The summed E-state index contributed by atoms with van der Waals surface area (Å²) in [6.07, 6.45) is 5.55. The second-order valence-corrected chi connectivity index (χ2v) is 5.40. The fourth-order valence-electron chi connectivity index (χ4n) is 2.73. The zero-order chi connectivity index (χ0) is 15.4. The van der Waals surface area contributed by atoms with E-state index in [2.05, 4.69) is 11.9 Å². The van der Waals surface area contributed by atoms with Crippen molar-refractivity contribution in [2.24, 2.45) is 5.92 Å². The van der Waals surface area contributed by atoms with Gasteiger partial charge in [0.05, 0.1) is 11.9 Å². The van der Waals surface area contributed by atoms with E-state index in [9.17, 15) is 14.7 Å². The highest BCUT2D eigenvalue weighted by Crippen LogP contribution is 2.27. The number of hydrogen-bond donors (Lipinski definition) is 1. The number of nitrogens with zero attached hydrogens (tertiary/aromatic N) is 3. The molecule has 2 heterocycles. The number of hydrogen-bond acceptors (Lipinski definition) is 3. The molecule has 1 fully saturated rings. The smallest absolute Gasteiger partial charge is 0.326 e. The SMILES string of the molecule is CCC1CCN(C(=O)N(C)c2cccnc2)C(C(=O)O)C1. The van der Waals surface area contributed by atoms with E-state index in [1.807, 2.05) is 0 Å². The largest absolute Gasteiger partial charge is 0.480 e. The standard InChI is InChI=1S/C15H21N3O3/c1-3-11-6-8-18(13(9-11)14(19)20)15(21)17(2)12-5-4-7-16-10-12/h4-5,7,10-11,13H,3,6,8-9H2,1-2H3,(H,19,20). The molecule has 1 aromatic heterocycles. The van der Waals surface area contributed by atoms with Crippen molar-refractivity contribution in [3.63, 3.8) is 0 Å². The van der Waals surface area contributed by atoms with E-state index in [-0.39, 0.29) is 6.03 Å². The van der Waals surface area contributed by atoms with Crippen molar-refractivity contribution in [1.82, 2.24) is 9.88 Å². The third-order valence-electron chi connectivity index (χ3n) is 4.14. The minimum atomic E-state index is -0.930. The third-order valence-corrected chi connectivity index (χ3v) is 4.14. The van der Waals surface area contributed by atoms with Crippen LogP contribution in [0.4, 0.5) is 10.5 Å². The molecule has 0 saturated carbocycles. The van der Waals surface area contributed by atoms with Crippen LogP contribution < -0.4 is 4.90 Å². The van der Waals surface area contributed by atoms with Gasteiger partial charge < -0.3 is 10.0 Å². The number of pyridine rings is 1. The van der Waals surface area contributed by atoms with Crippen LogP contribution in [0.15, 0.2) is 24.5 Å². The van der Waals surface area contributed by atoms with Crippen LogP contribution in [0.3, 0.4) is 0 Å². The van der Waals surface area contributed by atoms with Crippen molar-refractivity contribution in [3.05, 3.63) is 24.5 Å². The number of carbonyl (C=O) groups is 2. The van der Waals surface area contributed by atoms with Gasteiger partial charge in [-0.05, 0) is 30.9 Å². The number of aromatic nitrogens is 1. The molecule has 1 aliphatic heterocycles. The zero-order valence-corrected chi connectivity index (χ0v) is 12.4. The van der Waals surface area contributed by atoms with E-state index >= 15 is 0 Å². The lowest BCUT2D eigenvalue weighted by Gasteiger charge is -2.38. The number of amides is 2. The first-order valence-electron chi connectivity index (χ1n) is 7.21. The molecule has 114 valence electrons. The number of aliphatic carboxylic acids is 1. The number of likely N-dealkylation sites (tertiary alicyclic amines) is 1. The lowest BCUT2D eigenvalue weighted by atomic mass is 9.89. The normalized spacial score (nSPS) is 21.9. The Morgan fingerprint density at radius 1 is 1.52 bits per heavy atom. The fourth-order valence-corrected chi connectivity index (χ4v) is 2.73. The van der Waals surface area contributed by atoms with Crippen LogP contribution in [-0.2, 0) is 4.79 Å². The van der Waals surface area contributed by atoms with E-state index < -0.39 is 12.0 Å². The van der Waals surface area contributed by atoms with Gasteiger partial charge in [0.1, 0.15) is 6.04 Å². The maximum Gasteiger partial charge on any atom is 0.326 e. The van der Waals surface area contributed by atoms with E-state index in [0.29, 0.717) is 24.6 Å². The topological polar surface area (TPSA) is 73.7 Å². The molecule has 0 aliphatic carbocycles. The van der Waals surface area contributed by atoms with E-state index in [1.165, 1.54) is 9.80 Å². The van der Waals surface area contributed by atoms with Gasteiger partial charge in [0, 0.05) is 19.8 Å². The number of anilines is 1. The van der Waals surface area contributed by atoms with E-state index in [1.54, 1.807) is 31.6 Å². The molecule has 1 aliphatic rings. The van der Waals surface area contributed by atoms with Gasteiger partial charge in [-0.2, -0.15) is 0 Å². The molecule has 1 saturated heterocycles. The Morgan fingerprint density at radius 3 is 2.86 bits per heavy atom. The van der Waals surface area contributed by atoms with Crippen molar-refractivity contribution in [3.8, 4) is 0 Å². The zero-order valence-electron chi connectivity index (χ0n) is 12.4.